The quantitative estimate of drug-likeness (QED) is 0.595. The van der Waals surface area contributed by atoms with Crippen molar-refractivity contribution in [2.75, 3.05) is 6.61 Å². The summed E-state index contributed by atoms with van der Waals surface area (Å²) >= 11 is 0. The zero-order valence-corrected chi connectivity index (χ0v) is 11.4. The Morgan fingerprint density at radius 3 is 2.81 bits per heavy atom. The van der Waals surface area contributed by atoms with Gasteiger partial charge >= 0.3 is 0 Å². The number of hydrogen-bond donors (Lipinski definition) is 4. The van der Waals surface area contributed by atoms with E-state index in [1.807, 2.05) is 0 Å². The van der Waals surface area contributed by atoms with Crippen LogP contribution in [0.1, 0.15) is 25.8 Å². The lowest BCUT2D eigenvalue weighted by Gasteiger charge is -2.32. The number of ether oxygens (including phenoxy) is 1. The van der Waals surface area contributed by atoms with Gasteiger partial charge in [0.15, 0.2) is 22.9 Å². The molecule has 114 valence electrons. The molecular weight excluding hydrogens is 283 g/mol. The Labute approximate surface area is 118 Å². The van der Waals surface area contributed by atoms with Crippen LogP contribution in [-0.2, 0) is 4.74 Å². The highest BCUT2D eigenvalue weighted by atomic mass is 19.1. The Morgan fingerprint density at radius 2 is 2.24 bits per heavy atom. The van der Waals surface area contributed by atoms with Crippen molar-refractivity contribution in [2.45, 2.75) is 37.3 Å². The van der Waals surface area contributed by atoms with Gasteiger partial charge in [0.1, 0.15) is 17.5 Å². The number of aromatic amines is 2. The average Bonchev–Trinajstić information content (AvgIpc) is 2.90. The van der Waals surface area contributed by atoms with E-state index in [2.05, 4.69) is 19.9 Å². The second-order valence-corrected chi connectivity index (χ2v) is 5.46. The molecule has 0 radical (unpaired) electrons. The van der Waals surface area contributed by atoms with Gasteiger partial charge in [0.25, 0.3) is 5.56 Å². The minimum atomic E-state index is -2.21. The number of H-pyrrole nitrogens is 2. The molecule has 21 heavy (non-hydrogen) atoms. The van der Waals surface area contributed by atoms with Crippen LogP contribution in [0, 0.1) is 0 Å². The second kappa shape index (κ2) is 4.33. The predicted octanol–water partition coefficient (Wildman–Crippen LogP) is -0.442. The molecule has 8 nitrogen and oxygen atoms in total. The van der Waals surface area contributed by atoms with Gasteiger partial charge in [-0.05, 0) is 13.8 Å². The number of hydrogen-bond acceptors (Lipinski definition) is 6. The fraction of sp³-hybridized carbons (Fsp3) is 0.583. The first-order chi connectivity index (χ1) is 9.79. The lowest BCUT2D eigenvalue weighted by molar-refractivity contribution is -0.0889. The number of nitrogens with one attached hydrogen (secondary N) is 2. The Kier molecular flexibility index (Phi) is 2.91. The van der Waals surface area contributed by atoms with Crippen molar-refractivity contribution in [3.63, 3.8) is 0 Å². The van der Waals surface area contributed by atoms with Gasteiger partial charge in [-0.15, -0.1) is 0 Å². The van der Waals surface area contributed by atoms with Gasteiger partial charge in [-0.1, -0.05) is 0 Å². The smallest absolute Gasteiger partial charge is 0.276 e. The molecule has 4 N–H and O–H groups in total. The molecular formula is C12H15FN4O4. The van der Waals surface area contributed by atoms with E-state index in [1.54, 1.807) is 0 Å². The highest BCUT2D eigenvalue weighted by Crippen LogP contribution is 2.49. The molecule has 4 atom stereocenters. The molecule has 3 heterocycles. The summed E-state index contributed by atoms with van der Waals surface area (Å²) in [5, 5.41) is 19.5. The van der Waals surface area contributed by atoms with Crippen molar-refractivity contribution >= 4 is 11.2 Å². The molecule has 0 aromatic carbocycles. The Bertz CT molecular complexity index is 738. The van der Waals surface area contributed by atoms with Crippen LogP contribution in [0.2, 0.25) is 0 Å². The van der Waals surface area contributed by atoms with Gasteiger partial charge in [-0.2, -0.15) is 0 Å². The zero-order chi connectivity index (χ0) is 15.4. The topological polar surface area (TPSA) is 124 Å². The number of aromatic nitrogens is 4. The number of fused-ring (bicyclic) bond motifs is 1. The normalized spacial score (nSPS) is 36.4. The first-order valence-corrected chi connectivity index (χ1v) is 6.40. The summed E-state index contributed by atoms with van der Waals surface area (Å²) < 4.78 is 20.3. The van der Waals surface area contributed by atoms with E-state index in [1.165, 1.54) is 13.3 Å². The van der Waals surface area contributed by atoms with Crippen molar-refractivity contribution in [2.24, 2.45) is 0 Å². The van der Waals surface area contributed by atoms with E-state index in [0.29, 0.717) is 0 Å². The molecule has 2 aromatic heterocycles. The predicted molar refractivity (Wildman–Crippen MR) is 69.3 cm³/mol. The van der Waals surface area contributed by atoms with Crippen molar-refractivity contribution in [1.29, 1.82) is 0 Å². The summed E-state index contributed by atoms with van der Waals surface area (Å²) in [6, 6.07) is 0. The molecule has 0 spiro atoms. The first-order valence-electron chi connectivity index (χ1n) is 6.40. The lowest BCUT2D eigenvalue weighted by Crippen LogP contribution is -2.51. The van der Waals surface area contributed by atoms with Crippen molar-refractivity contribution in [3.05, 3.63) is 22.5 Å². The molecule has 1 saturated heterocycles. The van der Waals surface area contributed by atoms with Gasteiger partial charge in [0, 0.05) is 0 Å². The summed E-state index contributed by atoms with van der Waals surface area (Å²) in [5.41, 5.74) is -4.33. The summed E-state index contributed by atoms with van der Waals surface area (Å²) in [4.78, 5) is 24.6. The summed E-state index contributed by atoms with van der Waals surface area (Å²) in [6.45, 7) is 1.88. The van der Waals surface area contributed by atoms with Crippen LogP contribution >= 0.6 is 0 Å². The van der Waals surface area contributed by atoms with Crippen LogP contribution in [0.5, 0.6) is 0 Å². The summed E-state index contributed by atoms with van der Waals surface area (Å²) in [6.07, 6.45) is -1.17. The van der Waals surface area contributed by atoms with Gasteiger partial charge in [-0.3, -0.25) is 4.79 Å². The molecule has 0 unspecified atom stereocenters. The molecule has 9 heteroatoms. The fourth-order valence-corrected chi connectivity index (χ4v) is 2.53. The third-order valence-corrected chi connectivity index (χ3v) is 4.14. The first kappa shape index (κ1) is 14.1. The Balaban J connectivity index is 2.10. The number of halogens is 1. The number of nitrogens with zero attached hydrogens (tertiary/aromatic N) is 2. The molecule has 1 fully saturated rings. The van der Waals surface area contributed by atoms with Crippen LogP contribution in [0.25, 0.3) is 11.2 Å². The maximum absolute atomic E-state index is 15.0. The summed E-state index contributed by atoms with van der Waals surface area (Å²) in [5.74, 6) is 0.0374. The minimum absolute atomic E-state index is 0.0374. The highest BCUT2D eigenvalue weighted by molar-refractivity contribution is 5.68. The van der Waals surface area contributed by atoms with Crippen LogP contribution < -0.4 is 5.56 Å². The van der Waals surface area contributed by atoms with E-state index in [4.69, 9.17) is 4.74 Å². The number of aliphatic hydroxyl groups excluding tert-OH is 1. The molecule has 1 aliphatic rings. The molecule has 0 aliphatic carbocycles. The number of imidazole rings is 1. The highest BCUT2D eigenvalue weighted by Gasteiger charge is 2.63. The molecule has 1 aliphatic heterocycles. The maximum atomic E-state index is 15.0. The minimum Gasteiger partial charge on any atom is -0.394 e. The molecule has 0 bridgehead atoms. The van der Waals surface area contributed by atoms with Crippen molar-refractivity contribution in [3.8, 4) is 0 Å². The average molecular weight is 298 g/mol. The third-order valence-electron chi connectivity index (χ3n) is 4.14. The fourth-order valence-electron chi connectivity index (χ4n) is 2.53. The number of aliphatic hydroxyl groups is 2. The van der Waals surface area contributed by atoms with Crippen LogP contribution in [0.3, 0.4) is 0 Å². The molecule has 0 saturated carbocycles. The van der Waals surface area contributed by atoms with Gasteiger partial charge in [0.2, 0.25) is 0 Å². The molecule has 0 amide bonds. The second-order valence-electron chi connectivity index (χ2n) is 5.46. The maximum Gasteiger partial charge on any atom is 0.276 e. The molecule has 2 aromatic rings. The van der Waals surface area contributed by atoms with Crippen LogP contribution in [0.4, 0.5) is 4.39 Å². The Hall–Kier alpha value is -1.84. The standard InChI is InChI=1S/C12H15FN4O4/c1-11(13)7(21-5(3-18)12(11,2)20)9-16-6-8(17-9)14-4-15-10(6)19/h4-5,7,18,20H,3H2,1-2H3,(H2,14,15,16,17,19)/t5-,7+,11+,12+/m0/s1. The third kappa shape index (κ3) is 1.81. The number of alkyl halides is 1. The van der Waals surface area contributed by atoms with E-state index in [-0.39, 0.29) is 17.0 Å². The van der Waals surface area contributed by atoms with E-state index >= 15 is 0 Å². The van der Waals surface area contributed by atoms with E-state index < -0.39 is 35.6 Å². The molecule has 3 rings (SSSR count). The van der Waals surface area contributed by atoms with Crippen LogP contribution in [-0.4, -0.2) is 54.1 Å². The van der Waals surface area contributed by atoms with E-state index in [9.17, 15) is 19.4 Å². The van der Waals surface area contributed by atoms with E-state index in [0.717, 1.165) is 6.92 Å². The SMILES string of the molecule is C[C@@]1(O)[C@H](CO)O[C@H](c2nc3nc[nH]c(=O)c3[nH]2)[C@@]1(C)F. The van der Waals surface area contributed by atoms with Crippen molar-refractivity contribution < 1.29 is 19.3 Å². The summed E-state index contributed by atoms with van der Waals surface area (Å²) in [7, 11) is 0. The zero-order valence-electron chi connectivity index (χ0n) is 11.4. The largest absolute Gasteiger partial charge is 0.394 e. The monoisotopic (exact) mass is 298 g/mol. The van der Waals surface area contributed by atoms with Gasteiger partial charge in [-0.25, -0.2) is 14.4 Å². The van der Waals surface area contributed by atoms with Gasteiger partial charge in [0.05, 0.1) is 12.9 Å². The lowest BCUT2D eigenvalue weighted by atomic mass is 9.82. The number of rotatable bonds is 2. The van der Waals surface area contributed by atoms with Crippen LogP contribution in [0.15, 0.2) is 11.1 Å². The van der Waals surface area contributed by atoms with Crippen molar-refractivity contribution in [1.82, 2.24) is 19.9 Å². The Morgan fingerprint density at radius 1 is 1.52 bits per heavy atom. The van der Waals surface area contributed by atoms with Gasteiger partial charge < -0.3 is 24.9 Å².